The van der Waals surface area contributed by atoms with Crippen LogP contribution in [0.3, 0.4) is 0 Å². The molecule has 24 heavy (non-hydrogen) atoms. The summed E-state index contributed by atoms with van der Waals surface area (Å²) in [5.41, 5.74) is 1.17. The number of carbonyl (C=O) groups is 1. The molecule has 0 radical (unpaired) electrons. The fraction of sp³-hybridized carbons (Fsp3) is 0.250. The van der Waals surface area contributed by atoms with Crippen molar-refractivity contribution in [3.63, 3.8) is 0 Å². The molecular formula is C16H14ClN5O2. The van der Waals surface area contributed by atoms with Gasteiger partial charge in [0.15, 0.2) is 5.65 Å². The van der Waals surface area contributed by atoms with E-state index < -0.39 is 0 Å². The van der Waals surface area contributed by atoms with Gasteiger partial charge in [0.05, 0.1) is 12.1 Å². The zero-order chi connectivity index (χ0) is 16.5. The fourth-order valence-electron chi connectivity index (χ4n) is 2.76. The van der Waals surface area contributed by atoms with Crippen molar-refractivity contribution in [2.75, 3.05) is 13.1 Å². The number of hydrogen-bond acceptors (Lipinski definition) is 5. The Bertz CT molecular complexity index is 880. The Morgan fingerprint density at radius 2 is 2.04 bits per heavy atom. The average Bonchev–Trinajstić information content (AvgIpc) is 3.24. The van der Waals surface area contributed by atoms with E-state index in [1.54, 1.807) is 35.4 Å². The maximum Gasteiger partial charge on any atom is 0.255 e. The molecule has 1 aromatic carbocycles. The van der Waals surface area contributed by atoms with Gasteiger partial charge in [-0.1, -0.05) is 11.6 Å². The first-order valence-corrected chi connectivity index (χ1v) is 7.96. The van der Waals surface area contributed by atoms with Crippen molar-refractivity contribution >= 4 is 23.2 Å². The summed E-state index contributed by atoms with van der Waals surface area (Å²) in [5.74, 6) is 0.711. The van der Waals surface area contributed by atoms with Crippen LogP contribution in [0.2, 0.25) is 5.02 Å². The summed E-state index contributed by atoms with van der Waals surface area (Å²) >= 11 is 5.87. The molecule has 1 aliphatic heterocycles. The lowest BCUT2D eigenvalue weighted by Gasteiger charge is -2.17. The summed E-state index contributed by atoms with van der Waals surface area (Å²) in [5, 5.41) is 11.9. The molecular weight excluding hydrogens is 330 g/mol. The molecule has 0 spiro atoms. The van der Waals surface area contributed by atoms with Crippen LogP contribution in [0.25, 0.3) is 5.65 Å². The Labute approximate surface area is 142 Å². The molecule has 0 N–H and O–H groups in total. The van der Waals surface area contributed by atoms with E-state index in [2.05, 4.69) is 15.5 Å². The highest BCUT2D eigenvalue weighted by molar-refractivity contribution is 6.30. The molecule has 0 saturated carbocycles. The molecule has 4 rings (SSSR count). The number of ether oxygens (including phenoxy) is 1. The number of aromatic nitrogens is 4. The third-order valence-corrected chi connectivity index (χ3v) is 4.24. The van der Waals surface area contributed by atoms with Crippen LogP contribution in [-0.2, 0) is 0 Å². The number of likely N-dealkylation sites (tertiary alicyclic amines) is 1. The Balaban J connectivity index is 1.43. The quantitative estimate of drug-likeness (QED) is 0.728. The number of fused-ring (bicyclic) bond motifs is 1. The maximum atomic E-state index is 12.6. The number of nitrogens with zero attached hydrogens (tertiary/aromatic N) is 5. The zero-order valence-electron chi connectivity index (χ0n) is 12.7. The lowest BCUT2D eigenvalue weighted by Crippen LogP contribution is -2.31. The first-order chi connectivity index (χ1) is 11.7. The van der Waals surface area contributed by atoms with Crippen LogP contribution in [0.1, 0.15) is 16.8 Å². The molecule has 8 heteroatoms. The Hall–Kier alpha value is -2.67. The highest BCUT2D eigenvalue weighted by Crippen LogP contribution is 2.21. The van der Waals surface area contributed by atoms with Crippen LogP contribution < -0.4 is 4.74 Å². The van der Waals surface area contributed by atoms with Crippen LogP contribution in [0.5, 0.6) is 5.75 Å². The van der Waals surface area contributed by atoms with Crippen LogP contribution in [0, 0.1) is 0 Å². The minimum absolute atomic E-state index is 0.0214. The summed E-state index contributed by atoms with van der Waals surface area (Å²) in [4.78, 5) is 14.4. The van der Waals surface area contributed by atoms with Gasteiger partial charge in [-0.05, 0) is 46.8 Å². The molecule has 0 bridgehead atoms. The van der Waals surface area contributed by atoms with Crippen LogP contribution in [-0.4, -0.2) is 50.0 Å². The monoisotopic (exact) mass is 343 g/mol. The van der Waals surface area contributed by atoms with Crippen molar-refractivity contribution in [3.8, 4) is 5.75 Å². The van der Waals surface area contributed by atoms with Crippen LogP contribution in [0.4, 0.5) is 0 Å². The predicted octanol–water partition coefficient (Wildman–Crippen LogP) is 2.07. The highest BCUT2D eigenvalue weighted by Gasteiger charge is 2.28. The summed E-state index contributed by atoms with van der Waals surface area (Å²) in [6, 6.07) is 10.7. The van der Waals surface area contributed by atoms with E-state index in [9.17, 15) is 4.79 Å². The van der Waals surface area contributed by atoms with Gasteiger partial charge in [-0.25, -0.2) is 0 Å². The summed E-state index contributed by atoms with van der Waals surface area (Å²) in [7, 11) is 0. The van der Waals surface area contributed by atoms with Gasteiger partial charge in [0.25, 0.3) is 5.91 Å². The number of rotatable bonds is 3. The molecule has 2 aromatic heterocycles. The van der Waals surface area contributed by atoms with E-state index in [4.69, 9.17) is 16.3 Å². The zero-order valence-corrected chi connectivity index (χ0v) is 13.4. The number of hydrogen-bond donors (Lipinski definition) is 0. The molecule has 3 heterocycles. The lowest BCUT2D eigenvalue weighted by atomic mass is 10.2. The van der Waals surface area contributed by atoms with Gasteiger partial charge in [0.1, 0.15) is 11.9 Å². The minimum atomic E-state index is -0.0467. The molecule has 3 aromatic rings. The largest absolute Gasteiger partial charge is 0.489 e. The molecule has 1 saturated heterocycles. The van der Waals surface area contributed by atoms with E-state index in [1.807, 2.05) is 12.1 Å². The third kappa shape index (κ3) is 2.90. The van der Waals surface area contributed by atoms with Gasteiger partial charge in [0.2, 0.25) is 0 Å². The molecule has 1 fully saturated rings. The van der Waals surface area contributed by atoms with E-state index in [0.717, 1.165) is 12.2 Å². The third-order valence-electron chi connectivity index (χ3n) is 3.99. The molecule has 122 valence electrons. The van der Waals surface area contributed by atoms with E-state index in [1.165, 1.54) is 4.52 Å². The molecule has 0 aliphatic carbocycles. The summed E-state index contributed by atoms with van der Waals surface area (Å²) in [6.45, 7) is 1.21. The van der Waals surface area contributed by atoms with E-state index in [-0.39, 0.29) is 12.0 Å². The lowest BCUT2D eigenvalue weighted by molar-refractivity contribution is 0.0772. The first-order valence-electron chi connectivity index (χ1n) is 7.58. The Morgan fingerprint density at radius 1 is 1.21 bits per heavy atom. The first kappa shape index (κ1) is 14.9. The van der Waals surface area contributed by atoms with Gasteiger partial charge >= 0.3 is 0 Å². The van der Waals surface area contributed by atoms with Crippen molar-refractivity contribution in [3.05, 3.63) is 53.2 Å². The predicted molar refractivity (Wildman–Crippen MR) is 87.2 cm³/mol. The maximum absolute atomic E-state index is 12.6. The Morgan fingerprint density at radius 3 is 2.88 bits per heavy atom. The average molecular weight is 344 g/mol. The number of benzene rings is 1. The summed E-state index contributed by atoms with van der Waals surface area (Å²) in [6.07, 6.45) is 2.42. The van der Waals surface area contributed by atoms with Crippen LogP contribution in [0.15, 0.2) is 42.6 Å². The SMILES string of the molecule is O=C(c1ccc2nnnn2c1)N1CCC(Oc2ccc(Cl)cc2)C1. The minimum Gasteiger partial charge on any atom is -0.489 e. The van der Waals surface area contributed by atoms with Crippen molar-refractivity contribution in [1.29, 1.82) is 0 Å². The number of amides is 1. The van der Waals surface area contributed by atoms with Gasteiger partial charge in [0, 0.05) is 24.2 Å². The van der Waals surface area contributed by atoms with Gasteiger partial charge in [-0.3, -0.25) is 4.79 Å². The number of halogens is 1. The Kier molecular flexibility index (Phi) is 3.78. The van der Waals surface area contributed by atoms with Gasteiger partial charge < -0.3 is 9.64 Å². The van der Waals surface area contributed by atoms with Gasteiger partial charge in [-0.15, -0.1) is 5.10 Å². The van der Waals surface area contributed by atoms with Crippen molar-refractivity contribution in [2.24, 2.45) is 0 Å². The number of tetrazole rings is 1. The van der Waals surface area contributed by atoms with E-state index >= 15 is 0 Å². The normalized spacial score (nSPS) is 17.4. The highest BCUT2D eigenvalue weighted by atomic mass is 35.5. The van der Waals surface area contributed by atoms with Crippen LogP contribution >= 0.6 is 11.6 Å². The van der Waals surface area contributed by atoms with Gasteiger partial charge in [-0.2, -0.15) is 4.52 Å². The second-order valence-electron chi connectivity index (χ2n) is 5.63. The molecule has 1 aliphatic rings. The van der Waals surface area contributed by atoms with Crippen molar-refractivity contribution < 1.29 is 9.53 Å². The molecule has 1 amide bonds. The summed E-state index contributed by atoms with van der Waals surface area (Å²) < 4.78 is 7.41. The molecule has 1 atom stereocenters. The fourth-order valence-corrected chi connectivity index (χ4v) is 2.89. The molecule has 7 nitrogen and oxygen atoms in total. The van der Waals surface area contributed by atoms with Crippen molar-refractivity contribution in [2.45, 2.75) is 12.5 Å². The second kappa shape index (κ2) is 6.09. The van der Waals surface area contributed by atoms with E-state index in [0.29, 0.717) is 29.3 Å². The number of pyridine rings is 1. The topological polar surface area (TPSA) is 72.6 Å². The second-order valence-corrected chi connectivity index (χ2v) is 6.07. The molecule has 1 unspecified atom stereocenters. The standard InChI is InChI=1S/C16H14ClN5O2/c17-12-2-4-13(5-3-12)24-14-7-8-21(10-14)16(23)11-1-6-15-18-19-20-22(15)9-11/h1-6,9,14H,7-8,10H2. The number of carbonyl (C=O) groups excluding carboxylic acids is 1. The van der Waals surface area contributed by atoms with Crippen molar-refractivity contribution in [1.82, 2.24) is 24.9 Å². The smallest absolute Gasteiger partial charge is 0.255 e.